The molecular formula is C12H18N2O3. The van der Waals surface area contributed by atoms with Gasteiger partial charge < -0.3 is 15.1 Å². The third kappa shape index (κ3) is 5.75. The van der Waals surface area contributed by atoms with Crippen LogP contribution >= 0.6 is 0 Å². The Bertz CT molecular complexity index is 358. The Labute approximate surface area is 101 Å². The second kappa shape index (κ2) is 6.73. The second-order valence-corrected chi connectivity index (χ2v) is 4.23. The lowest BCUT2D eigenvalue weighted by molar-refractivity contribution is -0.126. The van der Waals surface area contributed by atoms with E-state index in [2.05, 4.69) is 10.6 Å². The van der Waals surface area contributed by atoms with Crippen molar-refractivity contribution in [1.29, 1.82) is 0 Å². The van der Waals surface area contributed by atoms with Crippen LogP contribution in [0, 0.1) is 5.92 Å². The van der Waals surface area contributed by atoms with Crippen molar-refractivity contribution in [2.45, 2.75) is 26.8 Å². The highest BCUT2D eigenvalue weighted by molar-refractivity contribution is 5.84. The Hall–Kier alpha value is -1.78. The maximum absolute atomic E-state index is 11.4. The van der Waals surface area contributed by atoms with Crippen molar-refractivity contribution < 1.29 is 14.0 Å². The molecule has 17 heavy (non-hydrogen) atoms. The Morgan fingerprint density at radius 1 is 1.29 bits per heavy atom. The van der Waals surface area contributed by atoms with E-state index in [1.54, 1.807) is 18.4 Å². The molecule has 0 aromatic carbocycles. The zero-order valence-electron chi connectivity index (χ0n) is 10.2. The number of carbonyl (C=O) groups is 2. The quantitative estimate of drug-likeness (QED) is 0.778. The van der Waals surface area contributed by atoms with E-state index >= 15 is 0 Å². The lowest BCUT2D eigenvalue weighted by Gasteiger charge is -2.07. The van der Waals surface area contributed by atoms with E-state index in [0.717, 1.165) is 0 Å². The molecule has 94 valence electrons. The fourth-order valence-electron chi connectivity index (χ4n) is 1.28. The van der Waals surface area contributed by atoms with Gasteiger partial charge in [-0.25, -0.2) is 0 Å². The van der Waals surface area contributed by atoms with Crippen LogP contribution in [0.25, 0.3) is 0 Å². The number of hydrogen-bond acceptors (Lipinski definition) is 3. The van der Waals surface area contributed by atoms with Gasteiger partial charge in [0.25, 0.3) is 0 Å². The highest BCUT2D eigenvalue weighted by atomic mass is 16.3. The largest absolute Gasteiger partial charge is 0.467 e. The first-order valence-electron chi connectivity index (χ1n) is 5.63. The van der Waals surface area contributed by atoms with Gasteiger partial charge in [0, 0.05) is 6.42 Å². The van der Waals surface area contributed by atoms with Gasteiger partial charge in [-0.05, 0) is 18.1 Å². The molecule has 5 heteroatoms. The first-order chi connectivity index (χ1) is 8.08. The summed E-state index contributed by atoms with van der Waals surface area (Å²) in [5.74, 6) is 0.652. The number of rotatable bonds is 6. The molecule has 0 bridgehead atoms. The van der Waals surface area contributed by atoms with E-state index in [1.807, 2.05) is 13.8 Å². The van der Waals surface area contributed by atoms with Crippen LogP contribution in [0.3, 0.4) is 0 Å². The van der Waals surface area contributed by atoms with E-state index in [4.69, 9.17) is 4.42 Å². The van der Waals surface area contributed by atoms with Crippen molar-refractivity contribution in [1.82, 2.24) is 10.6 Å². The second-order valence-electron chi connectivity index (χ2n) is 4.23. The molecule has 0 saturated carbocycles. The Kier molecular flexibility index (Phi) is 5.26. The van der Waals surface area contributed by atoms with Gasteiger partial charge in [0.05, 0.1) is 19.4 Å². The van der Waals surface area contributed by atoms with E-state index in [-0.39, 0.29) is 18.4 Å². The topological polar surface area (TPSA) is 71.3 Å². The molecule has 2 amide bonds. The van der Waals surface area contributed by atoms with Gasteiger partial charge in [-0.1, -0.05) is 13.8 Å². The fourth-order valence-corrected chi connectivity index (χ4v) is 1.28. The maximum atomic E-state index is 11.4. The predicted molar refractivity (Wildman–Crippen MR) is 63.0 cm³/mol. The summed E-state index contributed by atoms with van der Waals surface area (Å²) in [6.45, 7) is 4.26. The molecule has 0 unspecified atom stereocenters. The van der Waals surface area contributed by atoms with Gasteiger partial charge in [0.1, 0.15) is 5.76 Å². The summed E-state index contributed by atoms with van der Waals surface area (Å²) in [6.07, 6.45) is 1.98. The van der Waals surface area contributed by atoms with E-state index in [0.29, 0.717) is 24.6 Å². The molecule has 5 nitrogen and oxygen atoms in total. The Morgan fingerprint density at radius 2 is 2.06 bits per heavy atom. The number of carbonyl (C=O) groups excluding carboxylic acids is 2. The Morgan fingerprint density at radius 3 is 2.65 bits per heavy atom. The maximum Gasteiger partial charge on any atom is 0.239 e. The predicted octanol–water partition coefficient (Wildman–Crippen LogP) is 1.06. The third-order valence-corrected chi connectivity index (χ3v) is 2.08. The minimum Gasteiger partial charge on any atom is -0.467 e. The van der Waals surface area contributed by atoms with E-state index in [1.165, 1.54) is 0 Å². The summed E-state index contributed by atoms with van der Waals surface area (Å²) in [5, 5.41) is 5.21. The molecule has 1 aromatic heterocycles. The fraction of sp³-hybridized carbons (Fsp3) is 0.500. The molecule has 0 atom stereocenters. The van der Waals surface area contributed by atoms with Crippen LogP contribution in [0.5, 0.6) is 0 Å². The molecule has 0 saturated heterocycles. The standard InChI is InChI=1S/C12H18N2O3/c1-9(2)6-11(15)14-8-12(16)13-7-10-4-3-5-17-10/h3-5,9H,6-8H2,1-2H3,(H,13,16)(H,14,15). The summed E-state index contributed by atoms with van der Waals surface area (Å²) < 4.78 is 5.06. The highest BCUT2D eigenvalue weighted by Gasteiger charge is 2.07. The monoisotopic (exact) mass is 238 g/mol. The summed E-state index contributed by atoms with van der Waals surface area (Å²) >= 11 is 0. The van der Waals surface area contributed by atoms with Crippen molar-refractivity contribution in [3.8, 4) is 0 Å². The SMILES string of the molecule is CC(C)CC(=O)NCC(=O)NCc1ccco1. The molecule has 0 radical (unpaired) electrons. The van der Waals surface area contributed by atoms with Crippen molar-refractivity contribution >= 4 is 11.8 Å². The molecule has 0 fully saturated rings. The summed E-state index contributed by atoms with van der Waals surface area (Å²) in [4.78, 5) is 22.6. The first-order valence-corrected chi connectivity index (χ1v) is 5.63. The summed E-state index contributed by atoms with van der Waals surface area (Å²) in [7, 11) is 0. The van der Waals surface area contributed by atoms with Gasteiger partial charge >= 0.3 is 0 Å². The summed E-state index contributed by atoms with van der Waals surface area (Å²) in [5.41, 5.74) is 0. The molecule has 1 heterocycles. The number of amides is 2. The minimum absolute atomic E-state index is 0.00621. The lowest BCUT2D eigenvalue weighted by Crippen LogP contribution is -2.36. The molecule has 0 spiro atoms. The molecule has 1 aromatic rings. The van der Waals surface area contributed by atoms with Crippen molar-refractivity contribution in [3.63, 3.8) is 0 Å². The molecule has 1 rings (SSSR count). The normalized spacial score (nSPS) is 10.3. The zero-order chi connectivity index (χ0) is 12.7. The number of furan rings is 1. The average molecular weight is 238 g/mol. The molecule has 2 N–H and O–H groups in total. The van der Waals surface area contributed by atoms with Crippen LogP contribution in [0.4, 0.5) is 0 Å². The minimum atomic E-state index is -0.224. The van der Waals surface area contributed by atoms with Gasteiger partial charge in [0.2, 0.25) is 11.8 Å². The van der Waals surface area contributed by atoms with Gasteiger partial charge in [0.15, 0.2) is 0 Å². The van der Waals surface area contributed by atoms with Crippen LogP contribution in [0.2, 0.25) is 0 Å². The van der Waals surface area contributed by atoms with Gasteiger partial charge in [-0.3, -0.25) is 9.59 Å². The average Bonchev–Trinajstić information content (AvgIpc) is 2.75. The van der Waals surface area contributed by atoms with Crippen LogP contribution in [0.1, 0.15) is 26.0 Å². The van der Waals surface area contributed by atoms with Crippen LogP contribution in [0.15, 0.2) is 22.8 Å². The third-order valence-electron chi connectivity index (χ3n) is 2.08. The molecule has 0 aliphatic heterocycles. The van der Waals surface area contributed by atoms with E-state index < -0.39 is 0 Å². The van der Waals surface area contributed by atoms with E-state index in [9.17, 15) is 9.59 Å². The molecular weight excluding hydrogens is 220 g/mol. The zero-order valence-corrected chi connectivity index (χ0v) is 10.2. The molecule has 0 aliphatic carbocycles. The highest BCUT2D eigenvalue weighted by Crippen LogP contribution is 1.99. The van der Waals surface area contributed by atoms with Crippen LogP contribution in [-0.4, -0.2) is 18.4 Å². The van der Waals surface area contributed by atoms with Crippen molar-refractivity contribution in [2.75, 3.05) is 6.54 Å². The summed E-state index contributed by atoms with van der Waals surface area (Å²) in [6, 6.07) is 3.53. The molecule has 0 aliphatic rings. The number of hydrogen-bond donors (Lipinski definition) is 2. The lowest BCUT2D eigenvalue weighted by atomic mass is 10.1. The van der Waals surface area contributed by atoms with Gasteiger partial charge in [-0.2, -0.15) is 0 Å². The number of nitrogens with one attached hydrogen (secondary N) is 2. The van der Waals surface area contributed by atoms with Crippen LogP contribution in [-0.2, 0) is 16.1 Å². The van der Waals surface area contributed by atoms with Crippen molar-refractivity contribution in [2.24, 2.45) is 5.92 Å². The van der Waals surface area contributed by atoms with Crippen LogP contribution < -0.4 is 10.6 Å². The smallest absolute Gasteiger partial charge is 0.239 e. The van der Waals surface area contributed by atoms with Gasteiger partial charge in [-0.15, -0.1) is 0 Å². The first kappa shape index (κ1) is 13.3. The van der Waals surface area contributed by atoms with Crippen molar-refractivity contribution in [3.05, 3.63) is 24.2 Å². The Balaban J connectivity index is 2.15.